The molecule has 5 N–H and O–H groups in total. The number of primary amides is 1. The van der Waals surface area contributed by atoms with Gasteiger partial charge in [0.25, 0.3) is 5.91 Å². The lowest BCUT2D eigenvalue weighted by atomic mass is 10.0. The number of amides is 2. The molecule has 9 heteroatoms. The van der Waals surface area contributed by atoms with Gasteiger partial charge >= 0.3 is 0 Å². The van der Waals surface area contributed by atoms with Gasteiger partial charge in [-0.3, -0.25) is 9.59 Å². The molecule has 2 aromatic carbocycles. The first-order valence-corrected chi connectivity index (χ1v) is 11.1. The van der Waals surface area contributed by atoms with E-state index in [1.807, 2.05) is 13.8 Å². The first-order valence-electron chi connectivity index (χ1n) is 11.1. The predicted octanol–water partition coefficient (Wildman–Crippen LogP) is 3.34. The van der Waals surface area contributed by atoms with Crippen molar-refractivity contribution in [2.45, 2.75) is 32.4 Å². The van der Waals surface area contributed by atoms with E-state index in [1.54, 1.807) is 30.3 Å². The van der Waals surface area contributed by atoms with Crippen LogP contribution in [0, 0.1) is 11.7 Å². The number of nitrogens with one attached hydrogen (secondary N) is 1. The molecule has 2 atom stereocenters. The Labute approximate surface area is 202 Å². The smallest absolute Gasteiger partial charge is 0.270 e. The summed E-state index contributed by atoms with van der Waals surface area (Å²) in [5.74, 6) is -0.559. The van der Waals surface area contributed by atoms with Crippen molar-refractivity contribution in [3.05, 3.63) is 77.7 Å². The van der Waals surface area contributed by atoms with Gasteiger partial charge in [0.1, 0.15) is 35.2 Å². The van der Waals surface area contributed by atoms with Gasteiger partial charge in [-0.2, -0.15) is 0 Å². The molecule has 0 aliphatic heterocycles. The van der Waals surface area contributed by atoms with Crippen LogP contribution in [0.15, 0.2) is 60.7 Å². The molecule has 3 aromatic rings. The monoisotopic (exact) mass is 481 g/mol. The molecule has 0 aliphatic rings. The molecule has 0 saturated heterocycles. The molecule has 0 fully saturated rings. The summed E-state index contributed by atoms with van der Waals surface area (Å²) in [7, 11) is 0. The number of nitrogens with two attached hydrogens (primary N) is 1. The molecule has 0 radical (unpaired) electrons. The quantitative estimate of drug-likeness (QED) is 0.351. The van der Waals surface area contributed by atoms with Gasteiger partial charge in [-0.25, -0.2) is 9.37 Å². The second kappa shape index (κ2) is 11.5. The molecule has 1 heterocycles. The van der Waals surface area contributed by atoms with E-state index < -0.39 is 30.6 Å². The number of rotatable bonds is 10. The zero-order valence-corrected chi connectivity index (χ0v) is 19.4. The maximum absolute atomic E-state index is 13.1. The highest BCUT2D eigenvalue weighted by Crippen LogP contribution is 2.27. The van der Waals surface area contributed by atoms with E-state index in [0.29, 0.717) is 29.2 Å². The third kappa shape index (κ3) is 7.08. The number of hydrogen-bond donors (Lipinski definition) is 4. The van der Waals surface area contributed by atoms with E-state index in [4.69, 9.17) is 10.5 Å². The molecule has 184 valence electrons. The van der Waals surface area contributed by atoms with Crippen molar-refractivity contribution in [2.75, 3.05) is 6.61 Å². The van der Waals surface area contributed by atoms with Crippen LogP contribution in [0.1, 0.15) is 42.4 Å². The average molecular weight is 482 g/mol. The molecule has 0 spiro atoms. The molecule has 0 saturated carbocycles. The Morgan fingerprint density at radius 2 is 1.66 bits per heavy atom. The largest absolute Gasteiger partial charge is 0.457 e. The molecular formula is C26H28FN3O5. The number of aliphatic hydroxyl groups is 2. The van der Waals surface area contributed by atoms with Gasteiger partial charge in [0.05, 0.1) is 12.3 Å². The van der Waals surface area contributed by atoms with Crippen molar-refractivity contribution in [3.63, 3.8) is 0 Å². The van der Waals surface area contributed by atoms with Crippen molar-refractivity contribution >= 4 is 11.8 Å². The third-order valence-electron chi connectivity index (χ3n) is 5.19. The fourth-order valence-electron chi connectivity index (χ4n) is 3.40. The summed E-state index contributed by atoms with van der Waals surface area (Å²) in [6.07, 6.45) is -0.866. The van der Waals surface area contributed by atoms with Gasteiger partial charge in [-0.05, 0) is 78.6 Å². The standard InChI is InChI=1S/C26H28FN3O5/c1-15(2)11-22(25(28)33)30-26(34)23-13-17(24(32)14-31)12-21(29-23)16-3-7-19(8-4-16)35-20-9-5-18(27)6-10-20/h3-10,12-13,15,22,24,31-32H,11,14H2,1-2H3,(H2,28,33)(H,30,34)/t22-,24+/m0/s1. The number of benzene rings is 2. The van der Waals surface area contributed by atoms with Crippen LogP contribution in [-0.2, 0) is 4.79 Å². The van der Waals surface area contributed by atoms with Gasteiger partial charge in [0.2, 0.25) is 5.91 Å². The summed E-state index contributed by atoms with van der Waals surface area (Å²) in [4.78, 5) is 29.1. The SMILES string of the molecule is CC(C)C[C@H](NC(=O)c1cc([C@H](O)CO)cc(-c2ccc(Oc3ccc(F)cc3)cc2)n1)C(N)=O. The van der Waals surface area contributed by atoms with Crippen molar-refractivity contribution in [1.82, 2.24) is 10.3 Å². The zero-order valence-electron chi connectivity index (χ0n) is 19.4. The molecule has 0 aliphatic carbocycles. The van der Waals surface area contributed by atoms with Gasteiger partial charge in [0, 0.05) is 5.56 Å². The van der Waals surface area contributed by atoms with Crippen molar-refractivity contribution in [2.24, 2.45) is 11.7 Å². The molecular weight excluding hydrogens is 453 g/mol. The van der Waals surface area contributed by atoms with E-state index in [0.717, 1.165) is 0 Å². The van der Waals surface area contributed by atoms with Crippen LogP contribution in [0.3, 0.4) is 0 Å². The van der Waals surface area contributed by atoms with Crippen LogP contribution in [0.4, 0.5) is 4.39 Å². The molecule has 8 nitrogen and oxygen atoms in total. The fraction of sp³-hybridized carbons (Fsp3) is 0.269. The van der Waals surface area contributed by atoms with Gasteiger partial charge in [-0.15, -0.1) is 0 Å². The van der Waals surface area contributed by atoms with Gasteiger partial charge in [0.15, 0.2) is 0 Å². The lowest BCUT2D eigenvalue weighted by Gasteiger charge is -2.18. The van der Waals surface area contributed by atoms with E-state index >= 15 is 0 Å². The van der Waals surface area contributed by atoms with Crippen molar-refractivity contribution in [3.8, 4) is 22.8 Å². The summed E-state index contributed by atoms with van der Waals surface area (Å²) in [5.41, 5.74) is 6.67. The average Bonchev–Trinajstić information content (AvgIpc) is 2.84. The summed E-state index contributed by atoms with van der Waals surface area (Å²) in [6.45, 7) is 3.26. The molecule has 0 bridgehead atoms. The number of nitrogens with zero attached hydrogens (tertiary/aromatic N) is 1. The first-order chi connectivity index (χ1) is 16.7. The Morgan fingerprint density at radius 1 is 1.06 bits per heavy atom. The van der Waals surface area contributed by atoms with Crippen LogP contribution in [-0.4, -0.2) is 39.7 Å². The molecule has 1 aromatic heterocycles. The fourth-order valence-corrected chi connectivity index (χ4v) is 3.40. The van der Waals surface area contributed by atoms with Crippen molar-refractivity contribution < 1.29 is 28.9 Å². The molecule has 0 unspecified atom stereocenters. The number of pyridine rings is 1. The number of hydrogen-bond acceptors (Lipinski definition) is 6. The topological polar surface area (TPSA) is 135 Å². The Bertz CT molecular complexity index is 1170. The molecule has 3 rings (SSSR count). The summed E-state index contributed by atoms with van der Waals surface area (Å²) >= 11 is 0. The predicted molar refractivity (Wildman–Crippen MR) is 128 cm³/mol. The third-order valence-corrected chi connectivity index (χ3v) is 5.19. The number of halogens is 1. The second-order valence-corrected chi connectivity index (χ2v) is 8.51. The maximum atomic E-state index is 13.1. The van der Waals surface area contributed by atoms with E-state index in [9.17, 15) is 24.2 Å². The minimum absolute atomic E-state index is 0.0355. The number of carbonyl (C=O) groups is 2. The summed E-state index contributed by atoms with van der Waals surface area (Å²) in [5, 5.41) is 22.2. The van der Waals surface area contributed by atoms with Crippen LogP contribution >= 0.6 is 0 Å². The van der Waals surface area contributed by atoms with Crippen LogP contribution in [0.2, 0.25) is 0 Å². The van der Waals surface area contributed by atoms with Crippen LogP contribution < -0.4 is 15.8 Å². The normalized spacial score (nSPS) is 12.7. The lowest BCUT2D eigenvalue weighted by molar-refractivity contribution is -0.120. The molecule has 35 heavy (non-hydrogen) atoms. The van der Waals surface area contributed by atoms with Crippen molar-refractivity contribution in [1.29, 1.82) is 0 Å². The first kappa shape index (κ1) is 25.8. The van der Waals surface area contributed by atoms with E-state index in [-0.39, 0.29) is 23.0 Å². The zero-order chi connectivity index (χ0) is 25.5. The highest BCUT2D eigenvalue weighted by atomic mass is 19.1. The van der Waals surface area contributed by atoms with Gasteiger partial charge in [-0.1, -0.05) is 13.8 Å². The Hall–Kier alpha value is -3.82. The lowest BCUT2D eigenvalue weighted by Crippen LogP contribution is -2.45. The minimum Gasteiger partial charge on any atom is -0.457 e. The maximum Gasteiger partial charge on any atom is 0.270 e. The second-order valence-electron chi connectivity index (χ2n) is 8.51. The number of carbonyl (C=O) groups excluding carboxylic acids is 2. The van der Waals surface area contributed by atoms with Crippen LogP contribution in [0.25, 0.3) is 11.3 Å². The Morgan fingerprint density at radius 3 is 2.20 bits per heavy atom. The highest BCUT2D eigenvalue weighted by molar-refractivity contribution is 5.96. The summed E-state index contributed by atoms with van der Waals surface area (Å²) < 4.78 is 18.8. The Kier molecular flexibility index (Phi) is 8.51. The molecule has 2 amide bonds. The Balaban J connectivity index is 1.88. The van der Waals surface area contributed by atoms with Crippen LogP contribution in [0.5, 0.6) is 11.5 Å². The number of aliphatic hydroxyl groups excluding tert-OH is 2. The minimum atomic E-state index is -1.23. The van der Waals surface area contributed by atoms with E-state index in [1.165, 1.54) is 30.3 Å². The van der Waals surface area contributed by atoms with E-state index in [2.05, 4.69) is 10.3 Å². The number of aromatic nitrogens is 1. The number of ether oxygens (including phenoxy) is 1. The highest BCUT2D eigenvalue weighted by Gasteiger charge is 2.22. The van der Waals surface area contributed by atoms with Gasteiger partial charge < -0.3 is 26.0 Å². The summed E-state index contributed by atoms with van der Waals surface area (Å²) in [6, 6.07) is 14.4.